The minimum Gasteiger partial charge on any atom is -0.496 e. The van der Waals surface area contributed by atoms with Crippen LogP contribution in [0.3, 0.4) is 0 Å². The van der Waals surface area contributed by atoms with Gasteiger partial charge in [0.25, 0.3) is 0 Å². The molecule has 0 amide bonds. The van der Waals surface area contributed by atoms with Gasteiger partial charge >= 0.3 is 5.97 Å². The normalized spacial score (nSPS) is 16.9. The molecule has 0 bridgehead atoms. The first kappa shape index (κ1) is 22.9. The molecule has 2 aromatic carbocycles. The molecule has 4 nitrogen and oxygen atoms in total. The molecule has 0 saturated carbocycles. The van der Waals surface area contributed by atoms with Crippen LogP contribution in [0.5, 0.6) is 11.5 Å². The summed E-state index contributed by atoms with van der Waals surface area (Å²) in [5.41, 5.74) is 4.70. The van der Waals surface area contributed by atoms with E-state index in [9.17, 15) is 4.79 Å². The fourth-order valence-corrected chi connectivity index (χ4v) is 4.34. The van der Waals surface area contributed by atoms with Crippen LogP contribution < -0.4 is 9.47 Å². The van der Waals surface area contributed by atoms with E-state index in [4.69, 9.17) is 14.6 Å². The first-order valence-corrected chi connectivity index (χ1v) is 10.9. The van der Waals surface area contributed by atoms with Crippen molar-refractivity contribution in [3.05, 3.63) is 58.1 Å². The van der Waals surface area contributed by atoms with Crippen LogP contribution >= 0.6 is 0 Å². The number of carboxylic acids is 1. The summed E-state index contributed by atoms with van der Waals surface area (Å²) in [5.74, 6) is 0.753. The molecule has 0 aliphatic heterocycles. The summed E-state index contributed by atoms with van der Waals surface area (Å²) >= 11 is 0. The van der Waals surface area contributed by atoms with Crippen LogP contribution in [0.25, 0.3) is 12.2 Å². The van der Waals surface area contributed by atoms with Crippen LogP contribution in [0.4, 0.5) is 0 Å². The van der Waals surface area contributed by atoms with Crippen LogP contribution in [0.1, 0.15) is 87.0 Å². The number of fused-ring (bicyclic) bond motifs is 1. The van der Waals surface area contributed by atoms with Crippen LogP contribution in [0.15, 0.2) is 30.3 Å². The highest BCUT2D eigenvalue weighted by molar-refractivity contribution is 5.88. The minimum atomic E-state index is -0.927. The highest BCUT2D eigenvalue weighted by atomic mass is 16.5. The predicted octanol–water partition coefficient (Wildman–Crippen LogP) is 6.70. The SMILES string of the molecule is COc1cc2c(c(OC(C)C)c1C=Cc1ccc(C(=O)O)cc1)C(C)(C)CCC2(C)C. The van der Waals surface area contributed by atoms with E-state index in [0.29, 0.717) is 0 Å². The van der Waals surface area contributed by atoms with Crippen molar-refractivity contribution in [3.63, 3.8) is 0 Å². The highest BCUT2D eigenvalue weighted by Gasteiger charge is 2.41. The lowest BCUT2D eigenvalue weighted by molar-refractivity contribution is 0.0697. The maximum absolute atomic E-state index is 11.1. The fourth-order valence-electron chi connectivity index (χ4n) is 4.34. The molecule has 31 heavy (non-hydrogen) atoms. The van der Waals surface area contributed by atoms with Gasteiger partial charge in [0.1, 0.15) is 11.5 Å². The summed E-state index contributed by atoms with van der Waals surface area (Å²) in [6.45, 7) is 13.3. The largest absolute Gasteiger partial charge is 0.496 e. The van der Waals surface area contributed by atoms with Crippen LogP contribution in [0.2, 0.25) is 0 Å². The van der Waals surface area contributed by atoms with Crippen molar-refractivity contribution in [2.45, 2.75) is 71.3 Å². The van der Waals surface area contributed by atoms with Crippen molar-refractivity contribution >= 4 is 18.1 Å². The number of hydrogen-bond donors (Lipinski definition) is 1. The number of hydrogen-bond acceptors (Lipinski definition) is 3. The number of methoxy groups -OCH3 is 1. The second-order valence-electron chi connectivity index (χ2n) is 9.94. The molecule has 0 aromatic heterocycles. The van der Waals surface area contributed by atoms with Gasteiger partial charge in [0.05, 0.1) is 24.3 Å². The van der Waals surface area contributed by atoms with E-state index in [1.165, 1.54) is 11.1 Å². The number of ether oxygens (including phenoxy) is 2. The molecule has 166 valence electrons. The Morgan fingerprint density at radius 2 is 1.65 bits per heavy atom. The smallest absolute Gasteiger partial charge is 0.335 e. The van der Waals surface area contributed by atoms with Crippen molar-refractivity contribution in [2.75, 3.05) is 7.11 Å². The highest BCUT2D eigenvalue weighted by Crippen LogP contribution is 2.53. The number of benzene rings is 2. The van der Waals surface area contributed by atoms with Gasteiger partial charge in [-0.2, -0.15) is 0 Å². The molecule has 4 heteroatoms. The summed E-state index contributed by atoms with van der Waals surface area (Å²) in [6, 6.07) is 9.02. The zero-order valence-electron chi connectivity index (χ0n) is 19.7. The monoisotopic (exact) mass is 422 g/mol. The quantitative estimate of drug-likeness (QED) is 0.526. The molecule has 2 aromatic rings. The van der Waals surface area contributed by atoms with E-state index in [-0.39, 0.29) is 22.5 Å². The van der Waals surface area contributed by atoms with E-state index in [2.05, 4.69) is 33.8 Å². The molecule has 0 unspecified atom stereocenters. The summed E-state index contributed by atoms with van der Waals surface area (Å²) in [6.07, 6.45) is 6.23. The Morgan fingerprint density at radius 3 is 2.19 bits per heavy atom. The lowest BCUT2D eigenvalue weighted by Crippen LogP contribution is -2.35. The standard InChI is InChI=1S/C27H34O4/c1-17(2)31-24-20(13-10-18-8-11-19(12-9-18)25(28)29)22(30-7)16-21-23(24)27(5,6)15-14-26(21,3)4/h8-13,16-17H,14-15H2,1-7H3,(H,28,29). The maximum atomic E-state index is 11.1. The summed E-state index contributed by atoms with van der Waals surface area (Å²) in [5, 5.41) is 9.13. The molecule has 0 fully saturated rings. The summed E-state index contributed by atoms with van der Waals surface area (Å²) < 4.78 is 12.3. The van der Waals surface area contributed by atoms with Crippen molar-refractivity contribution < 1.29 is 19.4 Å². The molecule has 1 N–H and O–H groups in total. The third-order valence-corrected chi connectivity index (χ3v) is 6.24. The topological polar surface area (TPSA) is 55.8 Å². The van der Waals surface area contributed by atoms with Crippen molar-refractivity contribution in [2.24, 2.45) is 0 Å². The van der Waals surface area contributed by atoms with Gasteiger partial charge < -0.3 is 14.6 Å². The Labute approximate surface area is 185 Å². The molecule has 1 aliphatic carbocycles. The van der Waals surface area contributed by atoms with Crippen molar-refractivity contribution in [3.8, 4) is 11.5 Å². The van der Waals surface area contributed by atoms with E-state index in [0.717, 1.165) is 35.5 Å². The van der Waals surface area contributed by atoms with Gasteiger partial charge in [-0.05, 0) is 72.9 Å². The van der Waals surface area contributed by atoms with Gasteiger partial charge in [0, 0.05) is 5.56 Å². The zero-order valence-corrected chi connectivity index (χ0v) is 19.7. The van der Waals surface area contributed by atoms with Gasteiger partial charge in [-0.25, -0.2) is 4.79 Å². The molecule has 0 spiro atoms. The molecule has 1 aliphatic rings. The van der Waals surface area contributed by atoms with Gasteiger partial charge in [-0.3, -0.25) is 0 Å². The van der Waals surface area contributed by atoms with Crippen LogP contribution in [0, 0.1) is 0 Å². The zero-order chi connectivity index (χ0) is 23.0. The Bertz CT molecular complexity index is 995. The van der Waals surface area contributed by atoms with Gasteiger partial charge in [0.2, 0.25) is 0 Å². The maximum Gasteiger partial charge on any atom is 0.335 e. The number of carbonyl (C=O) groups is 1. The summed E-state index contributed by atoms with van der Waals surface area (Å²) in [4.78, 5) is 11.1. The number of aromatic carboxylic acids is 1. The lowest BCUT2D eigenvalue weighted by Gasteiger charge is -2.43. The second-order valence-corrected chi connectivity index (χ2v) is 9.94. The first-order chi connectivity index (χ1) is 14.5. The van der Waals surface area contributed by atoms with Crippen molar-refractivity contribution in [1.29, 1.82) is 0 Å². The molecule has 0 heterocycles. The minimum absolute atomic E-state index is 0.00687. The van der Waals surface area contributed by atoms with Gasteiger partial charge in [0.15, 0.2) is 0 Å². The van der Waals surface area contributed by atoms with Gasteiger partial charge in [-0.15, -0.1) is 0 Å². The molecule has 0 radical (unpaired) electrons. The first-order valence-electron chi connectivity index (χ1n) is 10.9. The predicted molar refractivity (Wildman–Crippen MR) is 126 cm³/mol. The average Bonchev–Trinajstić information content (AvgIpc) is 2.69. The number of rotatable bonds is 6. The van der Waals surface area contributed by atoms with Gasteiger partial charge in [-0.1, -0.05) is 45.9 Å². The third-order valence-electron chi connectivity index (χ3n) is 6.24. The molecule has 3 rings (SSSR count). The molecule has 0 saturated heterocycles. The number of carboxylic acid groups (broad SMARTS) is 1. The Balaban J connectivity index is 2.20. The summed E-state index contributed by atoms with van der Waals surface area (Å²) in [7, 11) is 1.70. The van der Waals surface area contributed by atoms with E-state index in [1.54, 1.807) is 31.4 Å². The average molecular weight is 423 g/mol. The fraction of sp³-hybridized carbons (Fsp3) is 0.444. The van der Waals surface area contributed by atoms with Crippen LogP contribution in [-0.2, 0) is 10.8 Å². The van der Waals surface area contributed by atoms with E-state index >= 15 is 0 Å². The lowest BCUT2D eigenvalue weighted by atomic mass is 9.62. The Kier molecular flexibility index (Phi) is 6.22. The van der Waals surface area contributed by atoms with Crippen molar-refractivity contribution in [1.82, 2.24) is 0 Å². The van der Waals surface area contributed by atoms with E-state index < -0.39 is 5.97 Å². The third kappa shape index (κ3) is 4.63. The van der Waals surface area contributed by atoms with E-state index in [1.807, 2.05) is 26.0 Å². The Morgan fingerprint density at radius 1 is 1.03 bits per heavy atom. The van der Waals surface area contributed by atoms with Crippen LogP contribution in [-0.4, -0.2) is 24.3 Å². The molecule has 0 atom stereocenters. The molecular formula is C27H34O4. The second kappa shape index (κ2) is 8.41. The molecular weight excluding hydrogens is 388 g/mol. The Hall–Kier alpha value is -2.75.